The van der Waals surface area contributed by atoms with Gasteiger partial charge in [0.15, 0.2) is 5.76 Å². The van der Waals surface area contributed by atoms with Crippen molar-refractivity contribution in [3.63, 3.8) is 0 Å². The monoisotopic (exact) mass is 287 g/mol. The quantitative estimate of drug-likeness (QED) is 0.704. The molecule has 0 aliphatic carbocycles. The van der Waals surface area contributed by atoms with Crippen LogP contribution in [-0.4, -0.2) is 25.0 Å². The van der Waals surface area contributed by atoms with Crippen LogP contribution in [-0.2, 0) is 6.54 Å². The fraction of sp³-hybridized carbons (Fsp3) is 0.200. The van der Waals surface area contributed by atoms with E-state index in [1.165, 1.54) is 6.26 Å². The Kier molecular flexibility index (Phi) is 5.40. The number of nitrogens with one attached hydrogen (secondary N) is 3. The van der Waals surface area contributed by atoms with Crippen LogP contribution < -0.4 is 16.0 Å². The van der Waals surface area contributed by atoms with Gasteiger partial charge in [0.05, 0.1) is 6.26 Å². The van der Waals surface area contributed by atoms with Gasteiger partial charge in [-0.25, -0.2) is 4.79 Å². The molecule has 0 spiro atoms. The zero-order valence-electron chi connectivity index (χ0n) is 11.5. The van der Waals surface area contributed by atoms with Crippen LogP contribution in [0.25, 0.3) is 0 Å². The second kappa shape index (κ2) is 7.74. The van der Waals surface area contributed by atoms with Gasteiger partial charge in [-0.2, -0.15) is 0 Å². The summed E-state index contributed by atoms with van der Waals surface area (Å²) in [4.78, 5) is 23.1. The van der Waals surface area contributed by atoms with E-state index in [-0.39, 0.29) is 17.7 Å². The normalized spacial score (nSPS) is 9.90. The maximum absolute atomic E-state index is 11.5. The van der Waals surface area contributed by atoms with Crippen LogP contribution in [0.4, 0.5) is 4.79 Å². The first-order valence-corrected chi connectivity index (χ1v) is 6.63. The number of amides is 3. The van der Waals surface area contributed by atoms with Gasteiger partial charge in [-0.05, 0) is 17.7 Å². The van der Waals surface area contributed by atoms with Gasteiger partial charge in [0.1, 0.15) is 0 Å². The van der Waals surface area contributed by atoms with Crippen LogP contribution in [0.15, 0.2) is 53.1 Å². The van der Waals surface area contributed by atoms with Gasteiger partial charge >= 0.3 is 6.03 Å². The number of benzene rings is 1. The van der Waals surface area contributed by atoms with Gasteiger partial charge in [-0.3, -0.25) is 4.79 Å². The van der Waals surface area contributed by atoms with E-state index < -0.39 is 0 Å². The Morgan fingerprint density at radius 1 is 0.905 bits per heavy atom. The summed E-state index contributed by atoms with van der Waals surface area (Å²) < 4.78 is 4.95. The van der Waals surface area contributed by atoms with E-state index in [2.05, 4.69) is 16.0 Å². The highest BCUT2D eigenvalue weighted by Crippen LogP contribution is 1.98. The second-order valence-electron chi connectivity index (χ2n) is 4.33. The molecule has 21 heavy (non-hydrogen) atoms. The van der Waals surface area contributed by atoms with Crippen molar-refractivity contribution in [2.45, 2.75) is 6.54 Å². The van der Waals surface area contributed by atoms with Crippen molar-refractivity contribution in [3.8, 4) is 0 Å². The average molecular weight is 287 g/mol. The van der Waals surface area contributed by atoms with E-state index in [1.807, 2.05) is 30.3 Å². The fourth-order valence-electron chi connectivity index (χ4n) is 1.69. The maximum Gasteiger partial charge on any atom is 0.315 e. The van der Waals surface area contributed by atoms with Crippen LogP contribution in [0.2, 0.25) is 0 Å². The molecule has 0 saturated carbocycles. The van der Waals surface area contributed by atoms with E-state index in [1.54, 1.807) is 12.1 Å². The van der Waals surface area contributed by atoms with Crippen molar-refractivity contribution in [1.82, 2.24) is 16.0 Å². The first-order valence-electron chi connectivity index (χ1n) is 6.63. The highest BCUT2D eigenvalue weighted by molar-refractivity contribution is 5.91. The second-order valence-corrected chi connectivity index (χ2v) is 4.33. The first-order chi connectivity index (χ1) is 10.3. The Balaban J connectivity index is 1.58. The average Bonchev–Trinajstić information content (AvgIpc) is 3.05. The van der Waals surface area contributed by atoms with Gasteiger partial charge in [-0.1, -0.05) is 30.3 Å². The van der Waals surface area contributed by atoms with E-state index in [9.17, 15) is 9.59 Å². The molecule has 0 aliphatic rings. The Morgan fingerprint density at radius 3 is 2.38 bits per heavy atom. The standard InChI is InChI=1S/C15H17N3O3/c19-14(13-7-4-10-21-13)16-8-9-17-15(20)18-11-12-5-2-1-3-6-12/h1-7,10H,8-9,11H2,(H,16,19)(H2,17,18,20). The number of hydrogen-bond donors (Lipinski definition) is 3. The largest absolute Gasteiger partial charge is 0.459 e. The Hall–Kier alpha value is -2.76. The summed E-state index contributed by atoms with van der Waals surface area (Å²) in [7, 11) is 0. The number of rotatable bonds is 6. The molecule has 2 aromatic rings. The zero-order chi connectivity index (χ0) is 14.9. The number of furan rings is 1. The summed E-state index contributed by atoms with van der Waals surface area (Å²) in [5, 5.41) is 8.03. The molecule has 0 bridgehead atoms. The van der Waals surface area contributed by atoms with Crippen molar-refractivity contribution in [3.05, 3.63) is 60.1 Å². The minimum Gasteiger partial charge on any atom is -0.459 e. The topological polar surface area (TPSA) is 83.4 Å². The van der Waals surface area contributed by atoms with E-state index >= 15 is 0 Å². The van der Waals surface area contributed by atoms with Gasteiger partial charge in [0.2, 0.25) is 0 Å². The van der Waals surface area contributed by atoms with Crippen LogP contribution in [0.1, 0.15) is 16.1 Å². The van der Waals surface area contributed by atoms with Crippen molar-refractivity contribution >= 4 is 11.9 Å². The molecular weight excluding hydrogens is 270 g/mol. The molecule has 1 aromatic heterocycles. The third kappa shape index (κ3) is 5.02. The van der Waals surface area contributed by atoms with Crippen molar-refractivity contribution in [2.24, 2.45) is 0 Å². The molecule has 2 rings (SSSR count). The van der Waals surface area contributed by atoms with Gasteiger partial charge < -0.3 is 20.4 Å². The van der Waals surface area contributed by atoms with Crippen LogP contribution >= 0.6 is 0 Å². The van der Waals surface area contributed by atoms with Crippen molar-refractivity contribution < 1.29 is 14.0 Å². The molecule has 3 amide bonds. The van der Waals surface area contributed by atoms with Crippen LogP contribution in [0, 0.1) is 0 Å². The molecule has 0 unspecified atom stereocenters. The van der Waals surface area contributed by atoms with Gasteiger partial charge in [-0.15, -0.1) is 0 Å². The highest BCUT2D eigenvalue weighted by atomic mass is 16.3. The molecule has 1 aromatic carbocycles. The molecule has 6 heteroatoms. The van der Waals surface area contributed by atoms with Crippen LogP contribution in [0.3, 0.4) is 0 Å². The predicted molar refractivity (Wildman–Crippen MR) is 77.7 cm³/mol. The molecule has 0 radical (unpaired) electrons. The van der Waals surface area contributed by atoms with E-state index in [4.69, 9.17) is 4.42 Å². The molecule has 0 saturated heterocycles. The lowest BCUT2D eigenvalue weighted by Crippen LogP contribution is -2.39. The molecule has 1 heterocycles. The highest BCUT2D eigenvalue weighted by Gasteiger charge is 2.07. The molecule has 110 valence electrons. The number of urea groups is 1. The lowest BCUT2D eigenvalue weighted by atomic mass is 10.2. The van der Waals surface area contributed by atoms with Gasteiger partial charge in [0, 0.05) is 19.6 Å². The minimum absolute atomic E-state index is 0.253. The smallest absolute Gasteiger partial charge is 0.315 e. The summed E-state index contributed by atoms with van der Waals surface area (Å²) in [5.41, 5.74) is 1.03. The SMILES string of the molecule is O=C(NCCNC(=O)c1ccco1)NCc1ccccc1. The first kappa shape index (κ1) is 14.6. The van der Waals surface area contributed by atoms with Crippen molar-refractivity contribution in [2.75, 3.05) is 13.1 Å². The molecule has 6 nitrogen and oxygen atoms in total. The molecule has 0 aliphatic heterocycles. The Morgan fingerprint density at radius 2 is 1.67 bits per heavy atom. The summed E-state index contributed by atoms with van der Waals surface area (Å²) in [6, 6.07) is 12.6. The fourth-order valence-corrected chi connectivity index (χ4v) is 1.69. The lowest BCUT2D eigenvalue weighted by Gasteiger charge is -2.08. The Bertz CT molecular complexity index is 567. The molecule has 0 fully saturated rings. The summed E-state index contributed by atoms with van der Waals surface area (Å²) in [6.45, 7) is 1.14. The number of carbonyl (C=O) groups excluding carboxylic acids is 2. The minimum atomic E-state index is -0.300. The van der Waals surface area contributed by atoms with Crippen molar-refractivity contribution in [1.29, 1.82) is 0 Å². The molecular formula is C15H17N3O3. The third-order valence-electron chi connectivity index (χ3n) is 2.74. The predicted octanol–water partition coefficient (Wildman–Crippen LogP) is 1.51. The van der Waals surface area contributed by atoms with Gasteiger partial charge in [0.25, 0.3) is 5.91 Å². The molecule has 3 N–H and O–H groups in total. The van der Waals surface area contributed by atoms with Crippen LogP contribution in [0.5, 0.6) is 0 Å². The Labute approximate surface area is 122 Å². The summed E-state index contributed by atoms with van der Waals surface area (Å²) in [6.07, 6.45) is 1.43. The third-order valence-corrected chi connectivity index (χ3v) is 2.74. The summed E-state index contributed by atoms with van der Waals surface area (Å²) in [5.74, 6) is -0.0463. The maximum atomic E-state index is 11.5. The van der Waals surface area contributed by atoms with E-state index in [0.717, 1.165) is 5.56 Å². The summed E-state index contributed by atoms with van der Waals surface area (Å²) >= 11 is 0. The number of carbonyl (C=O) groups is 2. The molecule has 0 atom stereocenters. The lowest BCUT2D eigenvalue weighted by molar-refractivity contribution is 0.0926. The number of hydrogen-bond acceptors (Lipinski definition) is 3. The van der Waals surface area contributed by atoms with E-state index in [0.29, 0.717) is 19.6 Å². The zero-order valence-corrected chi connectivity index (χ0v) is 11.5.